The van der Waals surface area contributed by atoms with Crippen molar-refractivity contribution in [2.24, 2.45) is 0 Å². The Labute approximate surface area is 302 Å². The quantitative estimate of drug-likeness (QED) is 0.0754. The van der Waals surface area contributed by atoms with Crippen LogP contribution in [0.5, 0.6) is 5.75 Å². The van der Waals surface area contributed by atoms with Crippen LogP contribution in [0, 0.1) is 0 Å². The van der Waals surface area contributed by atoms with Crippen LogP contribution < -0.4 is 25.8 Å². The molecule has 0 saturated carbocycles. The molecule has 0 spiro atoms. The van der Waals surface area contributed by atoms with Gasteiger partial charge in [0.2, 0.25) is 5.91 Å². The Morgan fingerprint density at radius 2 is 1.83 bits per heavy atom. The molecule has 282 valence electrons. The first-order chi connectivity index (χ1) is 24.6. The van der Waals surface area contributed by atoms with Gasteiger partial charge in [-0.25, -0.2) is 24.2 Å². The number of aromatic nitrogens is 2. The highest BCUT2D eigenvalue weighted by Crippen LogP contribution is 2.46. The normalized spacial score (nSPS) is 17.4. The molecule has 0 bridgehead atoms. The molecule has 2 aliphatic rings. The second kappa shape index (κ2) is 15.7. The number of aliphatic hydroxyl groups is 1. The minimum atomic E-state index is -3.92. The van der Waals surface area contributed by atoms with Crippen LogP contribution in [0.2, 0.25) is 0 Å². The first-order valence-corrected chi connectivity index (χ1v) is 19.2. The van der Waals surface area contributed by atoms with E-state index in [1.165, 1.54) is 6.92 Å². The first-order valence-electron chi connectivity index (χ1n) is 17.6. The van der Waals surface area contributed by atoms with Gasteiger partial charge in [0.05, 0.1) is 35.6 Å². The zero-order chi connectivity index (χ0) is 37.8. The number of nitrogens with one attached hydrogen (secondary N) is 3. The lowest BCUT2D eigenvalue weighted by molar-refractivity contribution is -0.172. The predicted molar refractivity (Wildman–Crippen MR) is 193 cm³/mol. The highest BCUT2D eigenvalue weighted by atomic mass is 31.2. The van der Waals surface area contributed by atoms with Gasteiger partial charge in [-0.15, -0.1) is 0 Å². The Bertz CT molecular complexity index is 1970. The van der Waals surface area contributed by atoms with Crippen LogP contribution in [0.4, 0.5) is 4.79 Å². The molecular formula is C36H48N5O10P. The number of fused-ring (bicyclic) bond motifs is 5. The lowest BCUT2D eigenvalue weighted by atomic mass is 9.86. The summed E-state index contributed by atoms with van der Waals surface area (Å²) in [7, 11) is -3.92. The SMILES string of the molecule is CCc1c2c(nc3ccc(OP(=O)(NCCNC(C)=O)OCCCCCNC(=O)OC(C)(C)C)cc13)-c1cc3c(c(=O)n1C2)COC(=O)[C@]3(O)CC. The Kier molecular flexibility index (Phi) is 11.8. The molecule has 2 aromatic heterocycles. The molecule has 16 heteroatoms. The third-order valence-corrected chi connectivity index (χ3v) is 10.5. The molecular weight excluding hydrogens is 693 g/mol. The van der Waals surface area contributed by atoms with E-state index in [1.807, 2.05) is 6.92 Å². The number of pyridine rings is 2. The topological polar surface area (TPSA) is 196 Å². The summed E-state index contributed by atoms with van der Waals surface area (Å²) < 4.78 is 37.8. The van der Waals surface area contributed by atoms with E-state index in [4.69, 9.17) is 23.5 Å². The van der Waals surface area contributed by atoms with Gasteiger partial charge in [-0.1, -0.05) is 13.8 Å². The fraction of sp³-hybridized carbons (Fsp3) is 0.528. The number of cyclic esters (lactones) is 1. The van der Waals surface area contributed by atoms with Gasteiger partial charge in [0.25, 0.3) is 5.56 Å². The number of esters is 1. The molecule has 4 N–H and O–H groups in total. The average Bonchev–Trinajstić information content (AvgIpc) is 3.44. The molecule has 52 heavy (non-hydrogen) atoms. The van der Waals surface area contributed by atoms with Crippen LogP contribution in [-0.4, -0.2) is 64.5 Å². The monoisotopic (exact) mass is 741 g/mol. The molecule has 2 atom stereocenters. The fourth-order valence-corrected chi connectivity index (χ4v) is 7.72. The van der Waals surface area contributed by atoms with Crippen molar-refractivity contribution < 1.29 is 42.6 Å². The zero-order valence-corrected chi connectivity index (χ0v) is 31.4. The standard InChI is InChI=1S/C36H48N5O10P/c1-7-24-25-18-23(51-52(47,39-16-15-37-22(3)42)49-17-11-9-10-14-38-34(45)50-35(4,5)6)12-13-29(25)40-31-26(24)20-41-30(31)19-28-27(32(41)43)21-48-33(44)36(28,46)8-2/h12-13,18-19,46H,7-11,14-17,20-21H2,1-6H3,(H,37,42)(H,38,45)(H,39,47)/t36-,52?/m0/s1. The molecule has 1 aromatic carbocycles. The summed E-state index contributed by atoms with van der Waals surface area (Å²) in [6, 6.07) is 6.80. The number of amides is 2. The van der Waals surface area contributed by atoms with E-state index >= 15 is 0 Å². The Hall–Kier alpha value is -4.30. The summed E-state index contributed by atoms with van der Waals surface area (Å²) in [6.45, 7) is 11.3. The van der Waals surface area contributed by atoms with Gasteiger partial charge in [-0.05, 0) is 82.7 Å². The lowest BCUT2D eigenvalue weighted by Gasteiger charge is -2.31. The number of benzene rings is 1. The van der Waals surface area contributed by atoms with Crippen molar-refractivity contribution in [1.82, 2.24) is 25.3 Å². The number of carbonyl (C=O) groups excluding carboxylic acids is 3. The van der Waals surface area contributed by atoms with Crippen LogP contribution in [0.15, 0.2) is 29.1 Å². The molecule has 4 heterocycles. The van der Waals surface area contributed by atoms with Crippen molar-refractivity contribution in [3.8, 4) is 17.1 Å². The Morgan fingerprint density at radius 1 is 1.06 bits per heavy atom. The van der Waals surface area contributed by atoms with Gasteiger partial charge < -0.3 is 34.3 Å². The highest BCUT2D eigenvalue weighted by Gasteiger charge is 2.45. The van der Waals surface area contributed by atoms with Crippen LogP contribution in [0.3, 0.4) is 0 Å². The molecule has 0 radical (unpaired) electrons. The molecule has 15 nitrogen and oxygen atoms in total. The van der Waals surface area contributed by atoms with Crippen LogP contribution >= 0.6 is 7.75 Å². The van der Waals surface area contributed by atoms with Gasteiger partial charge >= 0.3 is 19.8 Å². The van der Waals surface area contributed by atoms with Gasteiger partial charge in [-0.3, -0.25) is 14.1 Å². The second-order valence-corrected chi connectivity index (χ2v) is 15.6. The van der Waals surface area contributed by atoms with Gasteiger partial charge in [0, 0.05) is 43.1 Å². The maximum atomic E-state index is 14.0. The third kappa shape index (κ3) is 8.49. The number of carbonyl (C=O) groups is 3. The Balaban J connectivity index is 1.35. The smallest absolute Gasteiger partial charge is 0.458 e. The van der Waals surface area contributed by atoms with Crippen LogP contribution in [-0.2, 0) is 53.3 Å². The summed E-state index contributed by atoms with van der Waals surface area (Å²) in [5.41, 5.74) is 1.10. The number of nitrogens with zero attached hydrogens (tertiary/aromatic N) is 2. The van der Waals surface area contributed by atoms with E-state index in [9.17, 15) is 28.8 Å². The van der Waals surface area contributed by atoms with Crippen molar-refractivity contribution >= 4 is 36.6 Å². The number of aryl methyl sites for hydroxylation is 1. The van der Waals surface area contributed by atoms with E-state index in [0.29, 0.717) is 49.1 Å². The summed E-state index contributed by atoms with van der Waals surface area (Å²) in [5, 5.41) is 20.2. The van der Waals surface area contributed by atoms with E-state index in [1.54, 1.807) is 56.5 Å². The fourth-order valence-electron chi connectivity index (χ4n) is 6.37. The van der Waals surface area contributed by atoms with Crippen LogP contribution in [0.1, 0.15) is 89.5 Å². The summed E-state index contributed by atoms with van der Waals surface area (Å²) >= 11 is 0. The van der Waals surface area contributed by atoms with E-state index < -0.39 is 31.0 Å². The molecule has 5 rings (SSSR count). The summed E-state index contributed by atoms with van der Waals surface area (Å²) in [6.07, 6.45) is 2.04. The molecule has 2 amide bonds. The van der Waals surface area contributed by atoms with Crippen molar-refractivity contribution in [3.05, 3.63) is 56.9 Å². The van der Waals surface area contributed by atoms with E-state index in [2.05, 4.69) is 15.7 Å². The van der Waals surface area contributed by atoms with Crippen molar-refractivity contribution in [2.75, 3.05) is 26.2 Å². The number of alkyl carbamates (subject to hydrolysis) is 1. The summed E-state index contributed by atoms with van der Waals surface area (Å²) in [4.78, 5) is 54.4. The zero-order valence-electron chi connectivity index (χ0n) is 30.6. The van der Waals surface area contributed by atoms with Gasteiger partial charge in [0.15, 0.2) is 5.60 Å². The highest BCUT2D eigenvalue weighted by molar-refractivity contribution is 7.52. The maximum absolute atomic E-state index is 14.0. The van der Waals surface area contributed by atoms with Gasteiger partial charge in [-0.2, -0.15) is 0 Å². The number of rotatable bonds is 15. The minimum Gasteiger partial charge on any atom is -0.458 e. The number of ether oxygens (including phenoxy) is 2. The number of unbranched alkanes of at least 4 members (excludes halogenated alkanes) is 2. The number of hydrogen-bond acceptors (Lipinski definition) is 11. The molecule has 0 fully saturated rings. The lowest BCUT2D eigenvalue weighted by Crippen LogP contribution is -2.44. The minimum absolute atomic E-state index is 0.0473. The molecule has 0 aliphatic carbocycles. The van der Waals surface area contributed by atoms with E-state index in [0.717, 1.165) is 16.5 Å². The first kappa shape index (κ1) is 38.9. The largest absolute Gasteiger partial charge is 0.458 e. The number of hydrogen-bond donors (Lipinski definition) is 4. The second-order valence-electron chi connectivity index (χ2n) is 13.9. The van der Waals surface area contributed by atoms with Gasteiger partial charge in [0.1, 0.15) is 18.0 Å². The molecule has 0 saturated heterocycles. The van der Waals surface area contributed by atoms with Crippen molar-refractivity contribution in [2.45, 2.75) is 98.0 Å². The average molecular weight is 742 g/mol. The molecule has 2 aliphatic heterocycles. The van der Waals surface area contributed by atoms with Crippen molar-refractivity contribution in [3.63, 3.8) is 0 Å². The van der Waals surface area contributed by atoms with Crippen molar-refractivity contribution in [1.29, 1.82) is 0 Å². The van der Waals surface area contributed by atoms with Crippen LogP contribution in [0.25, 0.3) is 22.3 Å². The summed E-state index contributed by atoms with van der Waals surface area (Å²) in [5.74, 6) is -0.739. The molecule has 1 unspecified atom stereocenters. The predicted octanol–water partition coefficient (Wildman–Crippen LogP) is 4.57. The van der Waals surface area contributed by atoms with E-state index in [-0.39, 0.29) is 67.6 Å². The Morgan fingerprint density at radius 3 is 2.52 bits per heavy atom. The molecule has 3 aromatic rings. The third-order valence-electron chi connectivity index (χ3n) is 8.91. The maximum Gasteiger partial charge on any atom is 0.458 e.